The summed E-state index contributed by atoms with van der Waals surface area (Å²) in [5.74, 6) is 0.804. The van der Waals surface area contributed by atoms with Gasteiger partial charge >= 0.3 is 0 Å². The van der Waals surface area contributed by atoms with Gasteiger partial charge in [0.25, 0.3) is 0 Å². The van der Waals surface area contributed by atoms with Crippen LogP contribution in [0.15, 0.2) is 71.8 Å². The van der Waals surface area contributed by atoms with E-state index in [9.17, 15) is 9.90 Å². The van der Waals surface area contributed by atoms with Gasteiger partial charge in [-0.3, -0.25) is 4.79 Å². The van der Waals surface area contributed by atoms with Gasteiger partial charge in [-0.25, -0.2) is 0 Å². The lowest BCUT2D eigenvalue weighted by Crippen LogP contribution is -1.98. The minimum atomic E-state index is -0.288. The molecule has 0 radical (unpaired) electrons. The van der Waals surface area contributed by atoms with E-state index in [-0.39, 0.29) is 23.9 Å². The van der Waals surface area contributed by atoms with E-state index in [1.54, 1.807) is 37.5 Å². The van der Waals surface area contributed by atoms with Gasteiger partial charge < -0.3 is 19.3 Å². The van der Waals surface area contributed by atoms with Crippen molar-refractivity contribution < 1.29 is 24.1 Å². The molecule has 2 aromatic rings. The van der Waals surface area contributed by atoms with Crippen molar-refractivity contribution in [3.05, 3.63) is 83.0 Å². The molecule has 5 nitrogen and oxygen atoms in total. The van der Waals surface area contributed by atoms with E-state index in [0.717, 1.165) is 18.4 Å². The number of phenols is 1. The van der Waals surface area contributed by atoms with Gasteiger partial charge in [0.2, 0.25) is 0 Å². The lowest BCUT2D eigenvalue weighted by Gasteiger charge is -2.07. The Morgan fingerprint density at radius 3 is 2.34 bits per heavy atom. The molecule has 0 saturated heterocycles. The van der Waals surface area contributed by atoms with Crippen LogP contribution < -0.4 is 9.47 Å². The summed E-state index contributed by atoms with van der Waals surface area (Å²) < 4.78 is 15.9. The maximum absolute atomic E-state index is 12.5. The SMILES string of the molecule is COCOc1ccc(/C=C/C(=O)c2ccc(OC/C=C(\C)CCC=C(C)C)cc2O)cc1. The Morgan fingerprint density at radius 2 is 1.69 bits per heavy atom. The van der Waals surface area contributed by atoms with E-state index >= 15 is 0 Å². The molecule has 0 aliphatic carbocycles. The maximum atomic E-state index is 12.5. The minimum Gasteiger partial charge on any atom is -0.507 e. The summed E-state index contributed by atoms with van der Waals surface area (Å²) in [5, 5.41) is 10.3. The monoisotopic (exact) mass is 436 g/mol. The fourth-order valence-corrected chi connectivity index (χ4v) is 2.84. The number of methoxy groups -OCH3 is 1. The highest BCUT2D eigenvalue weighted by atomic mass is 16.7. The summed E-state index contributed by atoms with van der Waals surface area (Å²) in [7, 11) is 1.56. The van der Waals surface area contributed by atoms with Crippen molar-refractivity contribution in [1.82, 2.24) is 0 Å². The third-order valence-electron chi connectivity index (χ3n) is 4.66. The van der Waals surface area contributed by atoms with Crippen molar-refractivity contribution in [2.75, 3.05) is 20.5 Å². The smallest absolute Gasteiger partial charge is 0.189 e. The van der Waals surface area contributed by atoms with Crippen LogP contribution in [-0.2, 0) is 4.74 Å². The fraction of sp³-hybridized carbons (Fsp3) is 0.296. The summed E-state index contributed by atoms with van der Waals surface area (Å²) in [6, 6.07) is 12.0. The van der Waals surface area contributed by atoms with Gasteiger partial charge in [0.15, 0.2) is 12.6 Å². The lowest BCUT2D eigenvalue weighted by molar-refractivity contribution is 0.0511. The van der Waals surface area contributed by atoms with Crippen molar-refractivity contribution in [1.29, 1.82) is 0 Å². The molecule has 0 saturated carbocycles. The highest BCUT2D eigenvalue weighted by Gasteiger charge is 2.09. The summed E-state index contributed by atoms with van der Waals surface area (Å²) in [5.41, 5.74) is 3.64. The molecule has 170 valence electrons. The van der Waals surface area contributed by atoms with Gasteiger partial charge in [0.1, 0.15) is 23.9 Å². The topological polar surface area (TPSA) is 65.0 Å². The number of carbonyl (C=O) groups is 1. The number of hydrogen-bond acceptors (Lipinski definition) is 5. The van der Waals surface area contributed by atoms with Gasteiger partial charge in [0.05, 0.1) is 5.56 Å². The quantitative estimate of drug-likeness (QED) is 0.182. The van der Waals surface area contributed by atoms with Crippen molar-refractivity contribution in [3.63, 3.8) is 0 Å². The Hall–Kier alpha value is -3.31. The van der Waals surface area contributed by atoms with Gasteiger partial charge in [-0.05, 0) is 75.6 Å². The van der Waals surface area contributed by atoms with Gasteiger partial charge in [-0.2, -0.15) is 0 Å². The highest BCUT2D eigenvalue weighted by molar-refractivity contribution is 6.08. The Bertz CT molecular complexity index is 964. The molecule has 0 heterocycles. The molecule has 0 unspecified atom stereocenters. The first-order valence-corrected chi connectivity index (χ1v) is 10.6. The molecular weight excluding hydrogens is 404 g/mol. The molecule has 2 aromatic carbocycles. The predicted octanol–water partition coefficient (Wildman–Crippen LogP) is 6.34. The summed E-state index contributed by atoms with van der Waals surface area (Å²) in [6.07, 6.45) is 9.37. The van der Waals surface area contributed by atoms with E-state index < -0.39 is 0 Å². The average molecular weight is 437 g/mol. The first-order valence-electron chi connectivity index (χ1n) is 10.6. The zero-order valence-corrected chi connectivity index (χ0v) is 19.3. The van der Waals surface area contributed by atoms with Gasteiger partial charge in [-0.1, -0.05) is 35.4 Å². The number of aromatic hydroxyl groups is 1. The second-order valence-corrected chi connectivity index (χ2v) is 7.68. The normalized spacial score (nSPS) is 11.4. The molecule has 0 aromatic heterocycles. The Kier molecular flexibility index (Phi) is 10.3. The first-order chi connectivity index (χ1) is 15.4. The van der Waals surface area contributed by atoms with E-state index in [2.05, 4.69) is 26.8 Å². The van der Waals surface area contributed by atoms with Gasteiger partial charge in [-0.15, -0.1) is 0 Å². The van der Waals surface area contributed by atoms with E-state index in [1.165, 1.54) is 23.3 Å². The fourth-order valence-electron chi connectivity index (χ4n) is 2.84. The van der Waals surface area contributed by atoms with Crippen LogP contribution in [0.25, 0.3) is 6.08 Å². The molecule has 0 fully saturated rings. The molecule has 32 heavy (non-hydrogen) atoms. The van der Waals surface area contributed by atoms with Crippen molar-refractivity contribution in [3.8, 4) is 17.2 Å². The second kappa shape index (κ2) is 13.2. The zero-order valence-electron chi connectivity index (χ0n) is 19.3. The summed E-state index contributed by atoms with van der Waals surface area (Å²) in [4.78, 5) is 12.5. The standard InChI is InChI=1S/C27H32O5/c1-20(2)6-5-7-21(3)16-17-31-24-13-14-25(27(29)18-24)26(28)15-10-22-8-11-23(12-9-22)32-19-30-4/h6,8-16,18,29H,5,7,17,19H2,1-4H3/b15-10+,21-16+. The molecule has 0 spiro atoms. The number of ether oxygens (including phenoxy) is 3. The third kappa shape index (κ3) is 8.82. The summed E-state index contributed by atoms with van der Waals surface area (Å²) in [6.45, 7) is 6.86. The zero-order chi connectivity index (χ0) is 23.3. The first kappa shape index (κ1) is 25.0. The van der Waals surface area contributed by atoms with Gasteiger partial charge in [0, 0.05) is 13.2 Å². The number of phenolic OH excluding ortho intramolecular Hbond substituents is 1. The van der Waals surface area contributed by atoms with Crippen LogP contribution in [0.4, 0.5) is 0 Å². The van der Waals surface area contributed by atoms with Crippen molar-refractivity contribution in [2.24, 2.45) is 0 Å². The molecule has 0 bridgehead atoms. The number of carbonyl (C=O) groups excluding carboxylic acids is 1. The molecule has 0 atom stereocenters. The Balaban J connectivity index is 1.91. The number of ketones is 1. The molecule has 0 amide bonds. The van der Waals surface area contributed by atoms with Crippen LogP contribution in [0.5, 0.6) is 17.2 Å². The summed E-state index contributed by atoms with van der Waals surface area (Å²) >= 11 is 0. The number of allylic oxidation sites excluding steroid dienone is 4. The Morgan fingerprint density at radius 1 is 0.969 bits per heavy atom. The van der Waals surface area contributed by atoms with Crippen LogP contribution in [0, 0.1) is 0 Å². The minimum absolute atomic E-state index is 0.107. The number of benzene rings is 2. The molecule has 5 heteroatoms. The number of hydrogen-bond donors (Lipinski definition) is 1. The van der Waals surface area contributed by atoms with Crippen molar-refractivity contribution in [2.45, 2.75) is 33.6 Å². The average Bonchev–Trinajstić information content (AvgIpc) is 2.76. The van der Waals surface area contributed by atoms with E-state index in [1.807, 2.05) is 18.2 Å². The van der Waals surface area contributed by atoms with Crippen LogP contribution in [0.1, 0.15) is 49.5 Å². The van der Waals surface area contributed by atoms with Crippen LogP contribution in [-0.4, -0.2) is 31.4 Å². The molecular formula is C27H32O5. The van der Waals surface area contributed by atoms with Crippen LogP contribution in [0.2, 0.25) is 0 Å². The maximum Gasteiger partial charge on any atom is 0.189 e. The molecule has 0 aliphatic heterocycles. The highest BCUT2D eigenvalue weighted by Crippen LogP contribution is 2.25. The molecule has 1 N–H and O–H groups in total. The van der Waals surface area contributed by atoms with Crippen LogP contribution >= 0.6 is 0 Å². The van der Waals surface area contributed by atoms with Crippen molar-refractivity contribution >= 4 is 11.9 Å². The number of rotatable bonds is 12. The predicted molar refractivity (Wildman–Crippen MR) is 128 cm³/mol. The largest absolute Gasteiger partial charge is 0.507 e. The molecule has 2 rings (SSSR count). The van der Waals surface area contributed by atoms with Crippen LogP contribution in [0.3, 0.4) is 0 Å². The molecule has 0 aliphatic rings. The lowest BCUT2D eigenvalue weighted by atomic mass is 10.1. The second-order valence-electron chi connectivity index (χ2n) is 7.68. The van der Waals surface area contributed by atoms with E-state index in [0.29, 0.717) is 18.1 Å². The Labute approximate surface area is 190 Å². The third-order valence-corrected chi connectivity index (χ3v) is 4.66. The van der Waals surface area contributed by atoms with E-state index in [4.69, 9.17) is 14.2 Å².